The van der Waals surface area contributed by atoms with Crippen LogP contribution in [0, 0.1) is 11.3 Å². The number of fused-ring (bicyclic) bond motifs is 2. The second-order valence-electron chi connectivity index (χ2n) is 12.8. The van der Waals surface area contributed by atoms with Crippen LogP contribution in [0.5, 0.6) is 0 Å². The Bertz CT molecular complexity index is 2020. The summed E-state index contributed by atoms with van der Waals surface area (Å²) in [6.45, 7) is 5.41. The van der Waals surface area contributed by atoms with Gasteiger partial charge in [0, 0.05) is 17.8 Å². The minimum Gasteiger partial charge on any atom is -0.341 e. The molecule has 0 aromatic heterocycles. The lowest BCUT2D eigenvalue weighted by Crippen LogP contribution is -2.59. The van der Waals surface area contributed by atoms with Crippen LogP contribution in [0.2, 0.25) is 0 Å². The van der Waals surface area contributed by atoms with Crippen molar-refractivity contribution in [3.63, 3.8) is 0 Å². The third-order valence-electron chi connectivity index (χ3n) is 8.07. The monoisotopic (exact) mass is 690 g/mol. The maximum Gasteiger partial charge on any atom is 0.416 e. The molecule has 5 rings (SSSR count). The van der Waals surface area contributed by atoms with Gasteiger partial charge in [-0.05, 0) is 53.6 Å². The molecule has 1 aliphatic carbocycles. The minimum absolute atomic E-state index is 0.0409. The number of hydrogen-bond donors (Lipinski definition) is 3. The number of sulfonamides is 2. The van der Waals surface area contributed by atoms with Crippen molar-refractivity contribution >= 4 is 48.8 Å². The van der Waals surface area contributed by atoms with E-state index in [4.69, 9.17) is 0 Å². The number of hydrogen-bond acceptors (Lipinski definition) is 8. The first kappa shape index (κ1) is 34.3. The number of amidine groups is 1. The lowest BCUT2D eigenvalue weighted by atomic mass is 9.66. The van der Waals surface area contributed by atoms with E-state index in [1.165, 1.54) is 36.4 Å². The molecule has 2 atom stereocenters. The highest BCUT2D eigenvalue weighted by Gasteiger charge is 2.54. The third kappa shape index (κ3) is 6.97. The third-order valence-corrected chi connectivity index (χ3v) is 10.0. The van der Waals surface area contributed by atoms with E-state index in [1.807, 2.05) is 20.8 Å². The smallest absolute Gasteiger partial charge is 0.341 e. The zero-order chi connectivity index (χ0) is 34.6. The second-order valence-corrected chi connectivity index (χ2v) is 16.2. The topological polar surface area (TPSA) is 151 Å². The normalized spacial score (nSPS) is 20.9. The fourth-order valence-electron chi connectivity index (χ4n) is 5.84. The molecule has 47 heavy (non-hydrogen) atoms. The van der Waals surface area contributed by atoms with Gasteiger partial charge in [-0.25, -0.2) is 8.42 Å². The summed E-state index contributed by atoms with van der Waals surface area (Å²) in [5.41, 5.74) is -2.76. The number of anilines is 2. The van der Waals surface area contributed by atoms with Crippen molar-refractivity contribution in [1.29, 1.82) is 0 Å². The first-order valence-corrected chi connectivity index (χ1v) is 17.9. The average Bonchev–Trinajstić information content (AvgIpc) is 2.95. The highest BCUT2D eigenvalue weighted by atomic mass is 32.2. The van der Waals surface area contributed by atoms with Crippen LogP contribution in [-0.2, 0) is 43.1 Å². The van der Waals surface area contributed by atoms with Gasteiger partial charge in [-0.15, -0.1) is 4.40 Å². The summed E-state index contributed by atoms with van der Waals surface area (Å²) in [6, 6.07) is 14.9. The molecule has 0 saturated carbocycles. The summed E-state index contributed by atoms with van der Waals surface area (Å²) < 4.78 is 98.0. The Morgan fingerprint density at radius 1 is 0.979 bits per heavy atom. The number of benzene rings is 3. The van der Waals surface area contributed by atoms with Gasteiger partial charge in [-0.2, -0.15) is 21.6 Å². The maximum atomic E-state index is 14.8. The largest absolute Gasteiger partial charge is 0.416 e. The number of halogens is 3. The van der Waals surface area contributed by atoms with Gasteiger partial charge in [-0.3, -0.25) is 19.6 Å². The Kier molecular flexibility index (Phi) is 8.65. The van der Waals surface area contributed by atoms with Crippen LogP contribution in [0.1, 0.15) is 60.7 Å². The zero-order valence-electron chi connectivity index (χ0n) is 25.9. The first-order valence-electron chi connectivity index (χ1n) is 14.5. The fraction of sp³-hybridized carbons (Fsp3) is 0.344. The lowest BCUT2D eigenvalue weighted by molar-refractivity contribution is -0.138. The summed E-state index contributed by atoms with van der Waals surface area (Å²) in [5, 5.41) is 5.89. The second kappa shape index (κ2) is 11.9. The van der Waals surface area contributed by atoms with Crippen LogP contribution in [0.15, 0.2) is 76.0 Å². The Morgan fingerprint density at radius 2 is 1.64 bits per heavy atom. The number of carbonyl (C=O) groups is 2. The molecule has 2 aliphatic rings. The molecule has 3 aromatic rings. The minimum atomic E-state index is -4.66. The predicted molar refractivity (Wildman–Crippen MR) is 171 cm³/mol. The molecular formula is C32H33F3N4O6S2. The molecule has 2 unspecified atom stereocenters. The molecule has 0 amide bonds. The summed E-state index contributed by atoms with van der Waals surface area (Å²) in [6.07, 6.45) is -3.29. The van der Waals surface area contributed by atoms with Crippen LogP contribution in [0.25, 0.3) is 0 Å². The van der Waals surface area contributed by atoms with Crippen LogP contribution in [0.4, 0.5) is 24.5 Å². The molecule has 1 heterocycles. The zero-order valence-corrected chi connectivity index (χ0v) is 27.5. The number of ketones is 2. The van der Waals surface area contributed by atoms with Crippen LogP contribution < -0.4 is 15.4 Å². The molecule has 0 bridgehead atoms. The van der Waals surface area contributed by atoms with E-state index in [-0.39, 0.29) is 44.8 Å². The number of Topliss-reactive ketones (excluding diaryl/α,β-unsaturated/α-hetero) is 2. The molecule has 0 fully saturated rings. The SMILES string of the molecule is CC(C)(C)CCC1(NCc2ccccc2C(F)(F)F)C(=O)C(C2=NS(=O)(=O)c3cc(NS(C)(=O)=O)ccc3N2)C(=O)c2ccccc21. The molecular weight excluding hydrogens is 658 g/mol. The quantitative estimate of drug-likeness (QED) is 0.263. The van der Waals surface area contributed by atoms with Gasteiger partial charge in [0.2, 0.25) is 10.0 Å². The van der Waals surface area contributed by atoms with Gasteiger partial charge < -0.3 is 5.32 Å². The molecule has 3 N–H and O–H groups in total. The molecule has 250 valence electrons. The van der Waals surface area contributed by atoms with Gasteiger partial charge >= 0.3 is 6.18 Å². The number of alkyl halides is 3. The van der Waals surface area contributed by atoms with E-state index in [9.17, 15) is 39.6 Å². The number of nitrogens with one attached hydrogen (secondary N) is 3. The van der Waals surface area contributed by atoms with E-state index in [1.54, 1.807) is 18.2 Å². The van der Waals surface area contributed by atoms with Gasteiger partial charge in [0.25, 0.3) is 10.0 Å². The van der Waals surface area contributed by atoms with E-state index in [2.05, 4.69) is 19.8 Å². The van der Waals surface area contributed by atoms with Crippen molar-refractivity contribution in [2.45, 2.75) is 56.8 Å². The van der Waals surface area contributed by atoms with Crippen LogP contribution in [0.3, 0.4) is 0 Å². The number of carbonyl (C=O) groups excluding carboxylic acids is 2. The molecule has 15 heteroatoms. The Morgan fingerprint density at radius 3 is 2.30 bits per heavy atom. The molecule has 10 nitrogen and oxygen atoms in total. The van der Waals surface area contributed by atoms with Crippen molar-refractivity contribution in [3.8, 4) is 0 Å². The molecule has 3 aromatic carbocycles. The highest BCUT2D eigenvalue weighted by Crippen LogP contribution is 2.43. The summed E-state index contributed by atoms with van der Waals surface area (Å²) >= 11 is 0. The van der Waals surface area contributed by atoms with Crippen LogP contribution in [-0.4, -0.2) is 40.5 Å². The van der Waals surface area contributed by atoms with Crippen molar-refractivity contribution < 1.29 is 39.6 Å². The van der Waals surface area contributed by atoms with E-state index < -0.39 is 67.2 Å². The van der Waals surface area contributed by atoms with Gasteiger partial charge in [-0.1, -0.05) is 63.2 Å². The Balaban J connectivity index is 1.63. The average molecular weight is 691 g/mol. The molecule has 1 aliphatic heterocycles. The predicted octanol–water partition coefficient (Wildman–Crippen LogP) is 5.48. The van der Waals surface area contributed by atoms with Gasteiger partial charge in [0.15, 0.2) is 11.6 Å². The van der Waals surface area contributed by atoms with Crippen molar-refractivity contribution in [1.82, 2.24) is 5.32 Å². The lowest BCUT2D eigenvalue weighted by Gasteiger charge is -2.43. The summed E-state index contributed by atoms with van der Waals surface area (Å²) in [5.74, 6) is -3.72. The van der Waals surface area contributed by atoms with Gasteiger partial charge in [0.1, 0.15) is 22.2 Å². The molecule has 0 radical (unpaired) electrons. The van der Waals surface area contributed by atoms with E-state index >= 15 is 0 Å². The van der Waals surface area contributed by atoms with E-state index in [0.29, 0.717) is 6.42 Å². The Labute approximate surface area is 271 Å². The summed E-state index contributed by atoms with van der Waals surface area (Å²) in [4.78, 5) is 28.4. The first-order chi connectivity index (χ1) is 21.7. The summed E-state index contributed by atoms with van der Waals surface area (Å²) in [7, 11) is -8.29. The molecule has 0 spiro atoms. The molecule has 0 saturated heterocycles. The van der Waals surface area contributed by atoms with Crippen molar-refractivity contribution in [2.75, 3.05) is 16.3 Å². The highest BCUT2D eigenvalue weighted by molar-refractivity contribution is 7.92. The van der Waals surface area contributed by atoms with Gasteiger partial charge in [0.05, 0.1) is 17.5 Å². The number of nitrogens with zero attached hydrogens (tertiary/aromatic N) is 1. The Hall–Kier alpha value is -4.08. The number of rotatable bonds is 8. The van der Waals surface area contributed by atoms with Crippen molar-refractivity contribution in [3.05, 3.63) is 89.0 Å². The van der Waals surface area contributed by atoms with Crippen molar-refractivity contribution in [2.24, 2.45) is 15.7 Å². The maximum absolute atomic E-state index is 14.8. The fourth-order valence-corrected chi connectivity index (χ4v) is 7.58. The van der Waals surface area contributed by atoms with E-state index in [0.717, 1.165) is 18.4 Å². The van der Waals surface area contributed by atoms with Crippen LogP contribution >= 0.6 is 0 Å². The standard InChI is InChI=1S/C32H33F3N4O6S2/c1-30(2,3)15-16-31(36-18-19-9-5-7-11-22(19)32(33,34)35)23-12-8-6-10-21(23)27(40)26(28(31)41)29-37-24-14-13-20(38-46(4,42)43)17-25(24)47(44,45)39-29/h5-14,17,26,36,38H,15-16,18H2,1-4H3,(H,37,39).